The van der Waals surface area contributed by atoms with Crippen LogP contribution >= 0.6 is 0 Å². The summed E-state index contributed by atoms with van der Waals surface area (Å²) in [5, 5.41) is 18.1. The quantitative estimate of drug-likeness (QED) is 0.587. The molecule has 0 unspecified atom stereocenters. The molecule has 1 aromatic carbocycles. The van der Waals surface area contributed by atoms with Crippen LogP contribution in [-0.2, 0) is 11.3 Å². The second kappa shape index (κ2) is 9.30. The van der Waals surface area contributed by atoms with Crippen LogP contribution in [0.2, 0.25) is 0 Å². The van der Waals surface area contributed by atoms with Crippen molar-refractivity contribution in [1.29, 1.82) is 0 Å². The van der Waals surface area contributed by atoms with Crippen LogP contribution in [-0.4, -0.2) is 47.7 Å². The van der Waals surface area contributed by atoms with Gasteiger partial charge in [0.15, 0.2) is 11.5 Å². The molecule has 0 saturated heterocycles. The Morgan fingerprint density at radius 2 is 2.04 bits per heavy atom. The highest BCUT2D eigenvalue weighted by atomic mass is 16.5. The van der Waals surface area contributed by atoms with Crippen LogP contribution in [0.25, 0.3) is 0 Å². The molecule has 26 heavy (non-hydrogen) atoms. The second-order valence-electron chi connectivity index (χ2n) is 5.40. The van der Waals surface area contributed by atoms with E-state index < -0.39 is 12.0 Å². The molecule has 1 aromatic heterocycles. The third-order valence-corrected chi connectivity index (χ3v) is 3.62. The van der Waals surface area contributed by atoms with Gasteiger partial charge in [-0.05, 0) is 12.5 Å². The topological polar surface area (TPSA) is 115 Å². The molecule has 2 amide bonds. The average Bonchev–Trinajstić information content (AvgIpc) is 3.05. The number of carboxylic acids is 1. The van der Waals surface area contributed by atoms with E-state index in [1.165, 1.54) is 0 Å². The first-order chi connectivity index (χ1) is 12.5. The van der Waals surface area contributed by atoms with E-state index in [1.807, 2.05) is 12.1 Å². The van der Waals surface area contributed by atoms with Gasteiger partial charge in [-0.2, -0.15) is 5.10 Å². The van der Waals surface area contributed by atoms with Gasteiger partial charge in [-0.15, -0.1) is 0 Å². The summed E-state index contributed by atoms with van der Waals surface area (Å²) in [6.07, 6.45) is 1.95. The minimum absolute atomic E-state index is 0.00778. The maximum Gasteiger partial charge on any atom is 0.320 e. The van der Waals surface area contributed by atoms with Gasteiger partial charge in [-0.25, -0.2) is 9.48 Å². The van der Waals surface area contributed by atoms with Gasteiger partial charge in [0.05, 0.1) is 27.0 Å². The van der Waals surface area contributed by atoms with Crippen molar-refractivity contribution in [3.8, 4) is 11.5 Å². The number of benzene rings is 1. The summed E-state index contributed by atoms with van der Waals surface area (Å²) < 4.78 is 12.3. The molecule has 0 aliphatic heterocycles. The number of methoxy groups -OCH3 is 2. The highest BCUT2D eigenvalue weighted by Crippen LogP contribution is 2.31. The highest BCUT2D eigenvalue weighted by Gasteiger charge is 2.13. The SMILES string of the molecule is COc1cccc(Cn2nccc2NC(=O)NCCCC(=O)O)c1OC. The lowest BCUT2D eigenvalue weighted by molar-refractivity contribution is -0.137. The zero-order valence-electron chi connectivity index (χ0n) is 14.7. The van der Waals surface area contributed by atoms with Crippen LogP contribution in [0.3, 0.4) is 0 Å². The molecule has 2 aromatic rings. The van der Waals surface area contributed by atoms with Crippen molar-refractivity contribution in [3.05, 3.63) is 36.0 Å². The number of para-hydroxylation sites is 1. The zero-order valence-corrected chi connectivity index (χ0v) is 14.7. The van der Waals surface area contributed by atoms with Crippen molar-refractivity contribution < 1.29 is 24.2 Å². The van der Waals surface area contributed by atoms with E-state index in [1.54, 1.807) is 37.2 Å². The Hall–Kier alpha value is -3.23. The first-order valence-corrected chi connectivity index (χ1v) is 8.03. The van der Waals surface area contributed by atoms with E-state index in [2.05, 4.69) is 15.7 Å². The number of urea groups is 1. The molecule has 9 heteroatoms. The lowest BCUT2D eigenvalue weighted by atomic mass is 10.2. The number of nitrogens with zero attached hydrogens (tertiary/aromatic N) is 2. The van der Waals surface area contributed by atoms with Gasteiger partial charge in [0.1, 0.15) is 5.82 Å². The first-order valence-electron chi connectivity index (χ1n) is 8.03. The lowest BCUT2D eigenvalue weighted by Crippen LogP contribution is -2.30. The molecule has 0 fully saturated rings. The van der Waals surface area contributed by atoms with E-state index in [0.717, 1.165) is 5.56 Å². The molecule has 140 valence electrons. The predicted octanol–water partition coefficient (Wildman–Crippen LogP) is 1.93. The Bertz CT molecular complexity index is 759. The molecule has 1 heterocycles. The van der Waals surface area contributed by atoms with Gasteiger partial charge >= 0.3 is 12.0 Å². The number of aliphatic carboxylic acids is 1. The summed E-state index contributed by atoms with van der Waals surface area (Å²) in [7, 11) is 3.13. The number of carboxylic acid groups (broad SMARTS) is 1. The largest absolute Gasteiger partial charge is 0.493 e. The number of hydrogen-bond acceptors (Lipinski definition) is 5. The fourth-order valence-corrected chi connectivity index (χ4v) is 2.41. The smallest absolute Gasteiger partial charge is 0.320 e. The van der Waals surface area contributed by atoms with Crippen LogP contribution in [0.4, 0.5) is 10.6 Å². The van der Waals surface area contributed by atoms with E-state index in [4.69, 9.17) is 14.6 Å². The van der Waals surface area contributed by atoms with Gasteiger partial charge < -0.3 is 19.9 Å². The number of aromatic nitrogens is 2. The number of anilines is 1. The molecule has 0 aliphatic rings. The molecule has 0 radical (unpaired) electrons. The normalized spacial score (nSPS) is 10.2. The van der Waals surface area contributed by atoms with E-state index in [0.29, 0.717) is 30.3 Å². The fourth-order valence-electron chi connectivity index (χ4n) is 2.41. The van der Waals surface area contributed by atoms with Crippen molar-refractivity contribution in [3.63, 3.8) is 0 Å². The predicted molar refractivity (Wildman–Crippen MR) is 94.8 cm³/mol. The summed E-state index contributed by atoms with van der Waals surface area (Å²) in [5.41, 5.74) is 0.848. The molecule has 0 atom stereocenters. The van der Waals surface area contributed by atoms with Crippen LogP contribution < -0.4 is 20.1 Å². The minimum atomic E-state index is -0.891. The van der Waals surface area contributed by atoms with Gasteiger partial charge in [0.2, 0.25) is 0 Å². The number of nitrogens with one attached hydrogen (secondary N) is 2. The number of carbonyl (C=O) groups excluding carboxylic acids is 1. The maximum absolute atomic E-state index is 11.9. The minimum Gasteiger partial charge on any atom is -0.493 e. The lowest BCUT2D eigenvalue weighted by Gasteiger charge is -2.14. The van der Waals surface area contributed by atoms with E-state index >= 15 is 0 Å². The summed E-state index contributed by atoms with van der Waals surface area (Å²) in [5.74, 6) is 0.834. The monoisotopic (exact) mass is 362 g/mol. The Morgan fingerprint density at radius 3 is 2.73 bits per heavy atom. The van der Waals surface area contributed by atoms with Crippen molar-refractivity contribution >= 4 is 17.8 Å². The third kappa shape index (κ3) is 5.13. The molecule has 9 nitrogen and oxygen atoms in total. The van der Waals surface area contributed by atoms with Gasteiger partial charge in [0, 0.05) is 24.6 Å². The Labute approximate surface area is 150 Å². The summed E-state index contributed by atoms with van der Waals surface area (Å²) in [6, 6.07) is 6.79. The summed E-state index contributed by atoms with van der Waals surface area (Å²) >= 11 is 0. The van der Waals surface area contributed by atoms with Crippen LogP contribution in [0.5, 0.6) is 11.5 Å². The number of carbonyl (C=O) groups is 2. The average molecular weight is 362 g/mol. The van der Waals surface area contributed by atoms with Crippen LogP contribution in [0.15, 0.2) is 30.5 Å². The van der Waals surface area contributed by atoms with Crippen molar-refractivity contribution in [2.75, 3.05) is 26.1 Å². The number of rotatable bonds is 9. The van der Waals surface area contributed by atoms with Crippen LogP contribution in [0, 0.1) is 0 Å². The summed E-state index contributed by atoms with van der Waals surface area (Å²) in [4.78, 5) is 22.4. The van der Waals surface area contributed by atoms with Gasteiger partial charge in [0.25, 0.3) is 0 Å². The molecule has 2 rings (SSSR count). The molecule has 3 N–H and O–H groups in total. The number of ether oxygens (including phenoxy) is 2. The van der Waals surface area contributed by atoms with Gasteiger partial charge in [-0.1, -0.05) is 12.1 Å². The Balaban J connectivity index is 2.00. The fraction of sp³-hybridized carbons (Fsp3) is 0.353. The van der Waals surface area contributed by atoms with E-state index in [9.17, 15) is 9.59 Å². The van der Waals surface area contributed by atoms with Gasteiger partial charge in [-0.3, -0.25) is 10.1 Å². The van der Waals surface area contributed by atoms with Crippen molar-refractivity contribution in [2.45, 2.75) is 19.4 Å². The molecule has 0 saturated carbocycles. The zero-order chi connectivity index (χ0) is 18.9. The van der Waals surface area contributed by atoms with E-state index in [-0.39, 0.29) is 13.0 Å². The number of amides is 2. The van der Waals surface area contributed by atoms with Crippen molar-refractivity contribution in [2.24, 2.45) is 0 Å². The van der Waals surface area contributed by atoms with Crippen molar-refractivity contribution in [1.82, 2.24) is 15.1 Å². The first kappa shape index (κ1) is 19.1. The Morgan fingerprint density at radius 1 is 1.23 bits per heavy atom. The van der Waals surface area contributed by atoms with Crippen LogP contribution in [0.1, 0.15) is 18.4 Å². The summed E-state index contributed by atoms with van der Waals surface area (Å²) in [6.45, 7) is 0.651. The highest BCUT2D eigenvalue weighted by molar-refractivity contribution is 5.88. The molecule has 0 bridgehead atoms. The second-order valence-corrected chi connectivity index (χ2v) is 5.40. The molecule has 0 aliphatic carbocycles. The molecular formula is C17H22N4O5. The Kier molecular flexibility index (Phi) is 6.84. The molecule has 0 spiro atoms. The maximum atomic E-state index is 11.9. The number of hydrogen-bond donors (Lipinski definition) is 3. The third-order valence-electron chi connectivity index (χ3n) is 3.62. The standard InChI is InChI=1S/C17H22N4O5/c1-25-13-6-3-5-12(16(13)26-2)11-21-14(8-10-19-21)20-17(24)18-9-4-7-15(22)23/h3,5-6,8,10H,4,7,9,11H2,1-2H3,(H,22,23)(H2,18,20,24). The molecular weight excluding hydrogens is 340 g/mol.